The number of carbonyl (C=O) groups is 1. The standard InChI is InChI=1S/C23H20ClN3O2/c1-2-27(20-9-5-7-16-6-3-4-8-19(16)20)22(28)15-14-21-25-23(26-29-21)17-10-12-18(24)13-11-17/h3-13H,2,14-15H2,1H3. The van der Waals surface area contributed by atoms with Crippen molar-refractivity contribution in [3.05, 3.63) is 77.6 Å². The fourth-order valence-corrected chi connectivity index (χ4v) is 3.47. The fraction of sp³-hybridized carbons (Fsp3) is 0.174. The first-order valence-electron chi connectivity index (χ1n) is 9.52. The molecule has 0 aliphatic rings. The van der Waals surface area contributed by atoms with Crippen LogP contribution in [0.15, 0.2) is 71.3 Å². The van der Waals surface area contributed by atoms with Gasteiger partial charge in [-0.15, -0.1) is 0 Å². The van der Waals surface area contributed by atoms with E-state index >= 15 is 0 Å². The average Bonchev–Trinajstić information content (AvgIpc) is 3.22. The molecule has 6 heteroatoms. The molecule has 3 aromatic carbocycles. The molecular formula is C23H20ClN3O2. The summed E-state index contributed by atoms with van der Waals surface area (Å²) in [5.74, 6) is 0.956. The van der Waals surface area contributed by atoms with Crippen molar-refractivity contribution in [3.63, 3.8) is 0 Å². The zero-order valence-corrected chi connectivity index (χ0v) is 16.8. The van der Waals surface area contributed by atoms with E-state index in [1.54, 1.807) is 17.0 Å². The molecule has 0 radical (unpaired) electrons. The molecule has 0 aliphatic heterocycles. The Morgan fingerprint density at radius 1 is 1.03 bits per heavy atom. The summed E-state index contributed by atoms with van der Waals surface area (Å²) in [7, 11) is 0. The maximum absolute atomic E-state index is 12.9. The Kier molecular flexibility index (Phi) is 5.58. The summed E-state index contributed by atoms with van der Waals surface area (Å²) in [5.41, 5.74) is 1.74. The lowest BCUT2D eigenvalue weighted by Gasteiger charge is -2.22. The van der Waals surface area contributed by atoms with E-state index in [1.807, 2.05) is 61.5 Å². The molecule has 1 amide bonds. The molecule has 5 nitrogen and oxygen atoms in total. The molecule has 0 unspecified atom stereocenters. The average molecular weight is 406 g/mol. The van der Waals surface area contributed by atoms with Crippen LogP contribution in [-0.4, -0.2) is 22.6 Å². The fourth-order valence-electron chi connectivity index (χ4n) is 3.35. The number of anilines is 1. The largest absolute Gasteiger partial charge is 0.339 e. The van der Waals surface area contributed by atoms with Gasteiger partial charge in [-0.05, 0) is 42.6 Å². The third-order valence-electron chi connectivity index (χ3n) is 4.80. The number of fused-ring (bicyclic) bond motifs is 1. The van der Waals surface area contributed by atoms with E-state index < -0.39 is 0 Å². The predicted octanol–water partition coefficient (Wildman–Crippen LogP) is 5.53. The van der Waals surface area contributed by atoms with Gasteiger partial charge in [-0.1, -0.05) is 53.2 Å². The van der Waals surface area contributed by atoms with Gasteiger partial charge in [0.15, 0.2) is 0 Å². The Morgan fingerprint density at radius 3 is 2.59 bits per heavy atom. The molecule has 29 heavy (non-hydrogen) atoms. The highest BCUT2D eigenvalue weighted by Crippen LogP contribution is 2.27. The molecule has 1 heterocycles. The van der Waals surface area contributed by atoms with Crippen LogP contribution in [0.25, 0.3) is 22.2 Å². The first-order chi connectivity index (χ1) is 14.2. The van der Waals surface area contributed by atoms with Gasteiger partial charge in [0.05, 0.1) is 5.69 Å². The Balaban J connectivity index is 1.48. The number of aryl methyl sites for hydroxylation is 1. The quantitative estimate of drug-likeness (QED) is 0.423. The minimum atomic E-state index is 0.0232. The van der Waals surface area contributed by atoms with E-state index in [9.17, 15) is 4.79 Å². The van der Waals surface area contributed by atoms with Crippen LogP contribution in [0.5, 0.6) is 0 Å². The summed E-state index contributed by atoms with van der Waals surface area (Å²) in [6.45, 7) is 2.57. The van der Waals surface area contributed by atoms with Crippen LogP contribution in [0.1, 0.15) is 19.2 Å². The number of carbonyl (C=O) groups excluding carboxylic acids is 1. The number of rotatable bonds is 6. The molecular weight excluding hydrogens is 386 g/mol. The molecule has 146 valence electrons. The van der Waals surface area contributed by atoms with Crippen LogP contribution >= 0.6 is 11.6 Å². The van der Waals surface area contributed by atoms with Crippen LogP contribution in [0, 0.1) is 0 Å². The van der Waals surface area contributed by atoms with Crippen molar-refractivity contribution in [2.75, 3.05) is 11.4 Å². The first kappa shape index (κ1) is 19.2. The second-order valence-corrected chi connectivity index (χ2v) is 7.09. The van der Waals surface area contributed by atoms with E-state index in [-0.39, 0.29) is 5.91 Å². The smallest absolute Gasteiger partial charge is 0.227 e. The highest BCUT2D eigenvalue weighted by atomic mass is 35.5. The van der Waals surface area contributed by atoms with Gasteiger partial charge in [-0.25, -0.2) is 0 Å². The van der Waals surface area contributed by atoms with Crippen molar-refractivity contribution >= 4 is 34.0 Å². The molecule has 0 fully saturated rings. The number of halogens is 1. The van der Waals surface area contributed by atoms with Crippen molar-refractivity contribution < 1.29 is 9.32 Å². The summed E-state index contributed by atoms with van der Waals surface area (Å²) in [6, 6.07) is 21.3. The molecule has 1 aromatic heterocycles. The summed E-state index contributed by atoms with van der Waals surface area (Å²) in [5, 5.41) is 6.83. The predicted molar refractivity (Wildman–Crippen MR) is 115 cm³/mol. The van der Waals surface area contributed by atoms with Crippen LogP contribution in [0.2, 0.25) is 5.02 Å². The summed E-state index contributed by atoms with van der Waals surface area (Å²) in [4.78, 5) is 19.1. The summed E-state index contributed by atoms with van der Waals surface area (Å²) >= 11 is 5.91. The maximum atomic E-state index is 12.9. The Bertz CT molecular complexity index is 1130. The normalized spacial score (nSPS) is 11.0. The number of aromatic nitrogens is 2. The van der Waals surface area contributed by atoms with Gasteiger partial charge in [0.1, 0.15) is 0 Å². The van der Waals surface area contributed by atoms with Gasteiger partial charge in [-0.3, -0.25) is 4.79 Å². The minimum Gasteiger partial charge on any atom is -0.339 e. The van der Waals surface area contributed by atoms with Crippen molar-refractivity contribution in [1.82, 2.24) is 10.1 Å². The van der Waals surface area contributed by atoms with Gasteiger partial charge in [-0.2, -0.15) is 4.98 Å². The van der Waals surface area contributed by atoms with Gasteiger partial charge >= 0.3 is 0 Å². The molecule has 0 saturated carbocycles. The molecule has 4 aromatic rings. The minimum absolute atomic E-state index is 0.0232. The first-order valence-corrected chi connectivity index (χ1v) is 9.90. The molecule has 0 saturated heterocycles. The number of nitrogens with zero attached hydrogens (tertiary/aromatic N) is 3. The van der Waals surface area contributed by atoms with E-state index in [0.717, 1.165) is 22.0 Å². The van der Waals surface area contributed by atoms with Gasteiger partial charge in [0.25, 0.3) is 0 Å². The Morgan fingerprint density at radius 2 is 1.79 bits per heavy atom. The second-order valence-electron chi connectivity index (χ2n) is 6.65. The van der Waals surface area contributed by atoms with Crippen molar-refractivity contribution in [2.24, 2.45) is 0 Å². The molecule has 0 spiro atoms. The van der Waals surface area contributed by atoms with Crippen LogP contribution in [0.4, 0.5) is 5.69 Å². The zero-order valence-electron chi connectivity index (χ0n) is 16.0. The third kappa shape index (κ3) is 4.15. The lowest BCUT2D eigenvalue weighted by Crippen LogP contribution is -2.31. The SMILES string of the molecule is CCN(C(=O)CCc1nc(-c2ccc(Cl)cc2)no1)c1cccc2ccccc12. The highest BCUT2D eigenvalue weighted by Gasteiger charge is 2.18. The van der Waals surface area contributed by atoms with E-state index in [4.69, 9.17) is 16.1 Å². The lowest BCUT2D eigenvalue weighted by atomic mass is 10.1. The van der Waals surface area contributed by atoms with Crippen molar-refractivity contribution in [1.29, 1.82) is 0 Å². The third-order valence-corrected chi connectivity index (χ3v) is 5.05. The summed E-state index contributed by atoms with van der Waals surface area (Å²) < 4.78 is 5.32. The van der Waals surface area contributed by atoms with Gasteiger partial charge < -0.3 is 9.42 Å². The van der Waals surface area contributed by atoms with E-state index in [0.29, 0.717) is 36.1 Å². The number of hydrogen-bond donors (Lipinski definition) is 0. The summed E-state index contributed by atoms with van der Waals surface area (Å²) in [6.07, 6.45) is 0.681. The monoisotopic (exact) mass is 405 g/mol. The number of amides is 1. The van der Waals surface area contributed by atoms with Gasteiger partial charge in [0, 0.05) is 35.4 Å². The van der Waals surface area contributed by atoms with Crippen LogP contribution in [0.3, 0.4) is 0 Å². The molecule has 0 atom stereocenters. The number of hydrogen-bond acceptors (Lipinski definition) is 4. The Hall–Kier alpha value is -3.18. The zero-order chi connectivity index (χ0) is 20.2. The topological polar surface area (TPSA) is 59.2 Å². The maximum Gasteiger partial charge on any atom is 0.227 e. The molecule has 0 aliphatic carbocycles. The van der Waals surface area contributed by atoms with E-state index in [2.05, 4.69) is 10.1 Å². The lowest BCUT2D eigenvalue weighted by molar-refractivity contribution is -0.118. The van der Waals surface area contributed by atoms with E-state index in [1.165, 1.54) is 0 Å². The van der Waals surface area contributed by atoms with Crippen LogP contribution in [-0.2, 0) is 11.2 Å². The van der Waals surface area contributed by atoms with Crippen LogP contribution < -0.4 is 4.90 Å². The molecule has 0 N–H and O–H groups in total. The van der Waals surface area contributed by atoms with Gasteiger partial charge in [0.2, 0.25) is 17.6 Å². The second kappa shape index (κ2) is 8.45. The van der Waals surface area contributed by atoms with Crippen molar-refractivity contribution in [2.45, 2.75) is 19.8 Å². The molecule has 4 rings (SSSR count). The highest BCUT2D eigenvalue weighted by molar-refractivity contribution is 6.30. The van der Waals surface area contributed by atoms with Crippen molar-refractivity contribution in [3.8, 4) is 11.4 Å². The Labute approximate surface area is 173 Å². The number of benzene rings is 3. The molecule has 0 bridgehead atoms.